The minimum atomic E-state index is 0.405. The molecule has 116 valence electrons. The number of phenols is 1. The molecule has 1 aromatic heterocycles. The molecule has 0 radical (unpaired) electrons. The molecule has 0 saturated carbocycles. The van der Waals surface area contributed by atoms with E-state index >= 15 is 0 Å². The van der Waals surface area contributed by atoms with E-state index < -0.39 is 0 Å². The molecule has 3 N–H and O–H groups in total. The number of aromatic hydroxyl groups is 1. The number of benzene rings is 1. The zero-order valence-electron chi connectivity index (χ0n) is 12.6. The van der Waals surface area contributed by atoms with Gasteiger partial charge in [0, 0.05) is 28.0 Å². The van der Waals surface area contributed by atoms with E-state index in [0.29, 0.717) is 5.75 Å². The first-order chi connectivity index (χ1) is 10.7. The Labute approximate surface area is 139 Å². The minimum absolute atomic E-state index is 0.405. The Kier molecular flexibility index (Phi) is 5.08. The maximum Gasteiger partial charge on any atom is 0.127 e. The second-order valence-electron chi connectivity index (χ2n) is 5.98. The smallest absolute Gasteiger partial charge is 0.127 e. The summed E-state index contributed by atoms with van der Waals surface area (Å²) >= 11 is 3.48. The number of hydrogen-bond acceptors (Lipinski definition) is 2. The molecule has 5 heteroatoms. The molecule has 0 aliphatic carbocycles. The van der Waals surface area contributed by atoms with Crippen molar-refractivity contribution < 1.29 is 14.9 Å². The van der Waals surface area contributed by atoms with Gasteiger partial charge in [0.1, 0.15) is 45.0 Å². The van der Waals surface area contributed by atoms with Gasteiger partial charge in [-0.05, 0) is 30.3 Å². The van der Waals surface area contributed by atoms with Crippen molar-refractivity contribution in [2.45, 2.75) is 13.1 Å². The van der Waals surface area contributed by atoms with Crippen LogP contribution in [0.4, 0.5) is 0 Å². The summed E-state index contributed by atoms with van der Waals surface area (Å²) < 4.78 is 1.03. The Morgan fingerprint density at radius 1 is 0.955 bits per heavy atom. The molecule has 22 heavy (non-hydrogen) atoms. The lowest BCUT2D eigenvalue weighted by Crippen LogP contribution is -3.27. The average molecular weight is 364 g/mol. The zero-order chi connectivity index (χ0) is 15.4. The number of aromatic nitrogens is 1. The number of rotatable bonds is 4. The Hall–Kier alpha value is -1.43. The van der Waals surface area contributed by atoms with Crippen molar-refractivity contribution in [3.05, 3.63) is 58.3 Å². The quantitative estimate of drug-likeness (QED) is 0.717. The van der Waals surface area contributed by atoms with Crippen molar-refractivity contribution in [3.8, 4) is 5.75 Å². The van der Waals surface area contributed by atoms with E-state index in [2.05, 4.69) is 33.0 Å². The van der Waals surface area contributed by atoms with Crippen LogP contribution in [-0.4, -0.2) is 36.3 Å². The molecular weight excluding hydrogens is 342 g/mol. The lowest BCUT2D eigenvalue weighted by Gasteiger charge is -2.30. The highest BCUT2D eigenvalue weighted by Gasteiger charge is 2.23. The summed E-state index contributed by atoms with van der Waals surface area (Å²) in [6.07, 6.45) is 3.73. The second kappa shape index (κ2) is 7.22. The standard InChI is InChI=1S/C17H20BrN3O/c18-16-1-2-17(22)15(11-16)13-21-9-7-20(8-10-21)12-14-3-5-19-6-4-14/h1-6,11,22H,7-10,12-13H2/p+2. The van der Waals surface area contributed by atoms with Crippen LogP contribution in [0, 0.1) is 0 Å². The van der Waals surface area contributed by atoms with E-state index in [1.165, 1.54) is 18.7 Å². The molecule has 0 unspecified atom stereocenters. The number of hydrogen-bond donors (Lipinski definition) is 3. The molecule has 0 amide bonds. The van der Waals surface area contributed by atoms with Gasteiger partial charge >= 0.3 is 0 Å². The van der Waals surface area contributed by atoms with E-state index in [1.54, 1.807) is 15.9 Å². The number of nitrogens with one attached hydrogen (secondary N) is 2. The fourth-order valence-electron chi connectivity index (χ4n) is 3.06. The van der Waals surface area contributed by atoms with Crippen LogP contribution in [0.15, 0.2) is 47.2 Å². The van der Waals surface area contributed by atoms with Gasteiger partial charge in [0.25, 0.3) is 0 Å². The van der Waals surface area contributed by atoms with Crippen molar-refractivity contribution in [1.82, 2.24) is 4.98 Å². The number of quaternary nitrogens is 2. The van der Waals surface area contributed by atoms with Crippen LogP contribution in [0.3, 0.4) is 0 Å². The molecule has 1 aromatic carbocycles. The van der Waals surface area contributed by atoms with Crippen LogP contribution < -0.4 is 9.80 Å². The van der Waals surface area contributed by atoms with Gasteiger partial charge in [-0.3, -0.25) is 4.98 Å². The minimum Gasteiger partial charge on any atom is -0.507 e. The Balaban J connectivity index is 1.52. The summed E-state index contributed by atoms with van der Waals surface area (Å²) in [5.41, 5.74) is 2.39. The van der Waals surface area contributed by atoms with Gasteiger partial charge in [0.2, 0.25) is 0 Å². The fourth-order valence-corrected chi connectivity index (χ4v) is 3.47. The lowest BCUT2D eigenvalue weighted by atomic mass is 10.1. The molecular formula is C17H22BrN3O+2. The Bertz CT molecular complexity index is 613. The molecule has 1 saturated heterocycles. The highest BCUT2D eigenvalue weighted by molar-refractivity contribution is 9.10. The Morgan fingerprint density at radius 3 is 2.27 bits per heavy atom. The largest absolute Gasteiger partial charge is 0.507 e. The van der Waals surface area contributed by atoms with E-state index in [1.807, 2.05) is 24.5 Å². The fraction of sp³-hybridized carbons (Fsp3) is 0.353. The molecule has 0 atom stereocenters. The van der Waals surface area contributed by atoms with Gasteiger partial charge < -0.3 is 14.9 Å². The van der Waals surface area contributed by atoms with Gasteiger partial charge in [0.15, 0.2) is 0 Å². The number of pyridine rings is 1. The molecule has 3 rings (SSSR count). The van der Waals surface area contributed by atoms with Crippen molar-refractivity contribution in [2.75, 3.05) is 26.2 Å². The molecule has 0 bridgehead atoms. The predicted molar refractivity (Wildman–Crippen MR) is 88.8 cm³/mol. The molecule has 2 aromatic rings. The first-order valence-corrected chi connectivity index (χ1v) is 8.53. The second-order valence-corrected chi connectivity index (χ2v) is 6.90. The maximum atomic E-state index is 9.97. The monoisotopic (exact) mass is 363 g/mol. The number of halogens is 1. The van der Waals surface area contributed by atoms with Crippen LogP contribution in [0.2, 0.25) is 0 Å². The van der Waals surface area contributed by atoms with Crippen LogP contribution >= 0.6 is 15.9 Å². The first-order valence-electron chi connectivity index (χ1n) is 7.74. The third-order valence-corrected chi connectivity index (χ3v) is 4.84. The van der Waals surface area contributed by atoms with E-state index in [4.69, 9.17) is 0 Å². The van der Waals surface area contributed by atoms with Crippen molar-refractivity contribution in [2.24, 2.45) is 0 Å². The van der Waals surface area contributed by atoms with Gasteiger partial charge in [-0.1, -0.05) is 15.9 Å². The summed E-state index contributed by atoms with van der Waals surface area (Å²) in [7, 11) is 0. The molecule has 1 aliphatic rings. The van der Waals surface area contributed by atoms with E-state index in [-0.39, 0.29) is 0 Å². The van der Waals surface area contributed by atoms with Crippen LogP contribution in [0.1, 0.15) is 11.1 Å². The molecule has 0 spiro atoms. The zero-order valence-corrected chi connectivity index (χ0v) is 14.1. The molecule has 1 fully saturated rings. The average Bonchev–Trinajstić information content (AvgIpc) is 2.54. The molecule has 4 nitrogen and oxygen atoms in total. The third kappa shape index (κ3) is 4.06. The summed E-state index contributed by atoms with van der Waals surface area (Å²) in [6, 6.07) is 9.88. The summed E-state index contributed by atoms with van der Waals surface area (Å²) in [4.78, 5) is 7.25. The van der Waals surface area contributed by atoms with Crippen LogP contribution in [0.5, 0.6) is 5.75 Å². The summed E-state index contributed by atoms with van der Waals surface area (Å²) in [5, 5.41) is 9.97. The van der Waals surface area contributed by atoms with E-state index in [0.717, 1.165) is 36.2 Å². The van der Waals surface area contributed by atoms with Gasteiger partial charge in [-0.25, -0.2) is 0 Å². The topological polar surface area (TPSA) is 42.0 Å². The van der Waals surface area contributed by atoms with Crippen molar-refractivity contribution in [3.63, 3.8) is 0 Å². The van der Waals surface area contributed by atoms with Crippen molar-refractivity contribution >= 4 is 15.9 Å². The summed E-state index contributed by atoms with van der Waals surface area (Å²) in [6.45, 7) is 6.61. The van der Waals surface area contributed by atoms with Gasteiger partial charge in [-0.15, -0.1) is 0 Å². The van der Waals surface area contributed by atoms with Gasteiger partial charge in [0.05, 0.1) is 0 Å². The highest BCUT2D eigenvalue weighted by atomic mass is 79.9. The first kappa shape index (κ1) is 15.5. The van der Waals surface area contributed by atoms with E-state index in [9.17, 15) is 5.11 Å². The Morgan fingerprint density at radius 2 is 1.59 bits per heavy atom. The van der Waals surface area contributed by atoms with Crippen molar-refractivity contribution in [1.29, 1.82) is 0 Å². The third-order valence-electron chi connectivity index (χ3n) is 4.35. The molecule has 1 aliphatic heterocycles. The number of nitrogens with zero attached hydrogens (tertiary/aromatic N) is 1. The van der Waals surface area contributed by atoms with Crippen LogP contribution in [0.25, 0.3) is 0 Å². The SMILES string of the molecule is Oc1ccc(Br)cc1C[NH+]1CC[NH+](Cc2ccncc2)CC1. The maximum absolute atomic E-state index is 9.97. The normalized spacial score (nSPS) is 21.7. The highest BCUT2D eigenvalue weighted by Crippen LogP contribution is 2.20. The number of piperazine rings is 1. The van der Waals surface area contributed by atoms with Crippen LogP contribution in [-0.2, 0) is 13.1 Å². The lowest BCUT2D eigenvalue weighted by molar-refractivity contribution is -1.02. The summed E-state index contributed by atoms with van der Waals surface area (Å²) in [5.74, 6) is 0.405. The predicted octanol–water partition coefficient (Wildman–Crippen LogP) is 0.0333. The van der Waals surface area contributed by atoms with Gasteiger partial charge in [-0.2, -0.15) is 0 Å². The molecule has 2 heterocycles. The number of phenolic OH excluding ortho intramolecular Hbond substituents is 1.